The van der Waals surface area contributed by atoms with Crippen LogP contribution in [0.1, 0.15) is 66.2 Å². The number of aliphatic hydroxyl groups excluding tert-OH is 2. The molecule has 0 aromatic carbocycles. The zero-order valence-electron chi connectivity index (χ0n) is 12.1. The predicted molar refractivity (Wildman–Crippen MR) is 73.2 cm³/mol. The van der Waals surface area contributed by atoms with Gasteiger partial charge in [0.25, 0.3) is 0 Å². The second-order valence-corrected chi connectivity index (χ2v) is 4.49. The van der Waals surface area contributed by atoms with Crippen molar-refractivity contribution in [2.75, 3.05) is 13.2 Å². The Hall–Kier alpha value is -0.120. The number of hydrogen-bond acceptors (Lipinski definition) is 3. The Kier molecular flexibility index (Phi) is 18.0. The van der Waals surface area contributed by atoms with E-state index in [1.807, 2.05) is 0 Å². The molecule has 0 aliphatic rings. The van der Waals surface area contributed by atoms with E-state index in [9.17, 15) is 0 Å². The van der Waals surface area contributed by atoms with Crippen molar-refractivity contribution in [2.45, 2.75) is 78.4 Å². The van der Waals surface area contributed by atoms with Crippen LogP contribution in [0.25, 0.3) is 0 Å². The minimum Gasteiger partial charge on any atom is -0.394 e. The summed E-state index contributed by atoms with van der Waals surface area (Å²) >= 11 is 0. The third-order valence-corrected chi connectivity index (χ3v) is 2.49. The Labute approximate surface area is 107 Å². The molecule has 0 aliphatic carbocycles. The Morgan fingerprint density at radius 3 is 1.41 bits per heavy atom. The Morgan fingerprint density at radius 1 is 0.824 bits per heavy atom. The van der Waals surface area contributed by atoms with Gasteiger partial charge in [-0.05, 0) is 26.7 Å². The predicted octanol–water partition coefficient (Wildman–Crippen LogP) is 3.13. The summed E-state index contributed by atoms with van der Waals surface area (Å²) in [6.07, 6.45) is 8.47. The molecule has 2 atom stereocenters. The van der Waals surface area contributed by atoms with Crippen LogP contribution in [0.4, 0.5) is 0 Å². The molecule has 17 heavy (non-hydrogen) atoms. The lowest BCUT2D eigenvalue weighted by atomic mass is 10.1. The first-order valence-electron chi connectivity index (χ1n) is 6.99. The Morgan fingerprint density at radius 2 is 1.18 bits per heavy atom. The lowest BCUT2D eigenvalue weighted by molar-refractivity contribution is -0.00188. The molecular weight excluding hydrogens is 216 g/mol. The fraction of sp³-hybridized carbons (Fsp3) is 1.00. The maximum atomic E-state index is 7.62. The highest BCUT2D eigenvalue weighted by Crippen LogP contribution is 2.10. The summed E-state index contributed by atoms with van der Waals surface area (Å²) < 4.78 is 5.85. The molecule has 0 aliphatic heterocycles. The van der Waals surface area contributed by atoms with Gasteiger partial charge < -0.3 is 14.9 Å². The Bertz CT molecular complexity index is 115. The molecule has 0 bridgehead atoms. The van der Waals surface area contributed by atoms with Crippen LogP contribution in [0.5, 0.6) is 0 Å². The molecule has 0 amide bonds. The molecule has 0 saturated heterocycles. The van der Waals surface area contributed by atoms with Gasteiger partial charge in [0.05, 0.1) is 25.4 Å². The molecule has 3 heteroatoms. The van der Waals surface area contributed by atoms with E-state index in [-0.39, 0.29) is 13.2 Å². The van der Waals surface area contributed by atoms with Gasteiger partial charge in [-0.2, -0.15) is 0 Å². The molecule has 0 radical (unpaired) electrons. The van der Waals surface area contributed by atoms with E-state index in [1.54, 1.807) is 0 Å². The second-order valence-electron chi connectivity index (χ2n) is 4.49. The monoisotopic (exact) mass is 248 g/mol. The van der Waals surface area contributed by atoms with Crippen molar-refractivity contribution >= 4 is 0 Å². The van der Waals surface area contributed by atoms with Crippen molar-refractivity contribution in [3.63, 3.8) is 0 Å². The van der Waals surface area contributed by atoms with Gasteiger partial charge in [-0.1, -0.05) is 39.5 Å². The van der Waals surface area contributed by atoms with Gasteiger partial charge in [0.15, 0.2) is 0 Å². The highest BCUT2D eigenvalue weighted by molar-refractivity contribution is 4.56. The molecule has 0 aromatic heterocycles. The van der Waals surface area contributed by atoms with E-state index in [0.29, 0.717) is 12.2 Å². The van der Waals surface area contributed by atoms with Crippen LogP contribution >= 0.6 is 0 Å². The lowest BCUT2D eigenvalue weighted by Gasteiger charge is -2.18. The summed E-state index contributed by atoms with van der Waals surface area (Å²) in [6, 6.07) is 0. The largest absolute Gasteiger partial charge is 0.394 e. The maximum Gasteiger partial charge on any atom is 0.0662 e. The first kappa shape index (κ1) is 19.2. The van der Waals surface area contributed by atoms with Crippen LogP contribution in [0.15, 0.2) is 0 Å². The van der Waals surface area contributed by atoms with Gasteiger partial charge in [0.1, 0.15) is 0 Å². The fourth-order valence-electron chi connectivity index (χ4n) is 1.52. The van der Waals surface area contributed by atoms with Crippen LogP contribution < -0.4 is 0 Å². The number of unbranched alkanes of at least 4 members (excludes halogenated alkanes) is 2. The standard InChI is InChI=1S/C12H26O.C2H6O2/c1-5-7-9-11(3)13-12(4)10-8-6-2;3-1-2-4/h11-12H,5-10H2,1-4H3;3-4H,1-2H2. The molecule has 0 saturated carbocycles. The summed E-state index contributed by atoms with van der Waals surface area (Å²) in [5, 5.41) is 15.2. The third-order valence-electron chi connectivity index (χ3n) is 2.49. The van der Waals surface area contributed by atoms with E-state index in [2.05, 4.69) is 27.7 Å². The smallest absolute Gasteiger partial charge is 0.0662 e. The fourth-order valence-corrected chi connectivity index (χ4v) is 1.52. The lowest BCUT2D eigenvalue weighted by Crippen LogP contribution is -2.16. The summed E-state index contributed by atoms with van der Waals surface area (Å²) in [7, 11) is 0. The van der Waals surface area contributed by atoms with Crippen molar-refractivity contribution in [3.05, 3.63) is 0 Å². The van der Waals surface area contributed by atoms with Crippen molar-refractivity contribution in [1.82, 2.24) is 0 Å². The Balaban J connectivity index is 0. The van der Waals surface area contributed by atoms with Crippen LogP contribution in [-0.2, 0) is 4.74 Å². The van der Waals surface area contributed by atoms with E-state index < -0.39 is 0 Å². The normalized spacial score (nSPS) is 13.8. The topological polar surface area (TPSA) is 49.7 Å². The molecule has 0 rings (SSSR count). The quantitative estimate of drug-likeness (QED) is 0.659. The minimum absolute atomic E-state index is 0.125. The third kappa shape index (κ3) is 18.4. The van der Waals surface area contributed by atoms with Crippen molar-refractivity contribution in [2.24, 2.45) is 0 Å². The maximum absolute atomic E-state index is 7.62. The molecule has 0 fully saturated rings. The van der Waals surface area contributed by atoms with Crippen LogP contribution in [0.3, 0.4) is 0 Å². The van der Waals surface area contributed by atoms with Gasteiger partial charge in [0, 0.05) is 0 Å². The zero-order valence-corrected chi connectivity index (χ0v) is 12.1. The van der Waals surface area contributed by atoms with E-state index in [1.165, 1.54) is 38.5 Å². The summed E-state index contributed by atoms with van der Waals surface area (Å²) in [5.74, 6) is 0. The number of aliphatic hydroxyl groups is 2. The van der Waals surface area contributed by atoms with Crippen molar-refractivity contribution < 1.29 is 14.9 Å². The molecule has 3 nitrogen and oxygen atoms in total. The molecular formula is C14H32O3. The summed E-state index contributed by atoms with van der Waals surface area (Å²) in [6.45, 7) is 8.59. The highest BCUT2D eigenvalue weighted by atomic mass is 16.5. The summed E-state index contributed by atoms with van der Waals surface area (Å²) in [4.78, 5) is 0. The van der Waals surface area contributed by atoms with Gasteiger partial charge in [0.2, 0.25) is 0 Å². The minimum atomic E-state index is -0.125. The number of hydrogen-bond donors (Lipinski definition) is 2. The second kappa shape index (κ2) is 15.9. The SMILES string of the molecule is CCCCC(C)OC(C)CCCC.OCCO. The molecule has 0 aromatic rings. The van der Waals surface area contributed by atoms with E-state index in [4.69, 9.17) is 14.9 Å². The van der Waals surface area contributed by atoms with E-state index in [0.717, 1.165) is 0 Å². The first-order valence-corrected chi connectivity index (χ1v) is 6.99. The van der Waals surface area contributed by atoms with Crippen LogP contribution in [-0.4, -0.2) is 35.6 Å². The van der Waals surface area contributed by atoms with Crippen LogP contribution in [0, 0.1) is 0 Å². The highest BCUT2D eigenvalue weighted by Gasteiger charge is 2.07. The van der Waals surface area contributed by atoms with E-state index >= 15 is 0 Å². The van der Waals surface area contributed by atoms with Gasteiger partial charge >= 0.3 is 0 Å². The average Bonchev–Trinajstić information content (AvgIpc) is 2.34. The first-order chi connectivity index (χ1) is 8.12. The molecule has 2 unspecified atom stereocenters. The van der Waals surface area contributed by atoms with Gasteiger partial charge in [-0.15, -0.1) is 0 Å². The number of rotatable bonds is 9. The number of ether oxygens (including phenoxy) is 1. The molecule has 0 heterocycles. The van der Waals surface area contributed by atoms with Crippen molar-refractivity contribution in [3.8, 4) is 0 Å². The van der Waals surface area contributed by atoms with Crippen molar-refractivity contribution in [1.29, 1.82) is 0 Å². The van der Waals surface area contributed by atoms with Gasteiger partial charge in [-0.3, -0.25) is 0 Å². The average molecular weight is 248 g/mol. The van der Waals surface area contributed by atoms with Gasteiger partial charge in [-0.25, -0.2) is 0 Å². The molecule has 106 valence electrons. The molecule has 2 N–H and O–H groups in total. The van der Waals surface area contributed by atoms with Crippen LogP contribution in [0.2, 0.25) is 0 Å². The summed E-state index contributed by atoms with van der Waals surface area (Å²) in [5.41, 5.74) is 0. The molecule has 0 spiro atoms. The zero-order chi connectivity index (χ0) is 13.5.